The zero-order valence-corrected chi connectivity index (χ0v) is 17.1. The first-order valence-electron chi connectivity index (χ1n) is 9.08. The van der Waals surface area contributed by atoms with Crippen molar-refractivity contribution in [1.29, 1.82) is 0 Å². The quantitative estimate of drug-likeness (QED) is 0.612. The second kappa shape index (κ2) is 10.4. The number of thiocarbonyl (C=S) groups is 1. The van der Waals surface area contributed by atoms with Crippen molar-refractivity contribution >= 4 is 40.5 Å². The lowest BCUT2D eigenvalue weighted by atomic mass is 9.99. The van der Waals surface area contributed by atoms with Gasteiger partial charge in [0.2, 0.25) is 5.91 Å². The molecule has 6 nitrogen and oxygen atoms in total. The normalized spacial score (nSPS) is 11.2. The highest BCUT2D eigenvalue weighted by atomic mass is 32.1. The standard InChI is InChI=1S/C21H25N3O3S/c1-4-14(2)16-5-11-19(12-6-16)27-13-20(26)23-17-7-9-18(10-8-17)24-21(28)22-15(3)25/h5-12,14H,4,13H2,1-3H3,(H,23,26)(H2,22,24,25,28)/t14-/m0/s1. The Morgan fingerprint density at radius 2 is 1.57 bits per heavy atom. The summed E-state index contributed by atoms with van der Waals surface area (Å²) in [7, 11) is 0. The summed E-state index contributed by atoms with van der Waals surface area (Å²) in [6, 6.07) is 14.8. The Bertz CT molecular complexity index is 820. The van der Waals surface area contributed by atoms with Crippen molar-refractivity contribution in [3.05, 3.63) is 54.1 Å². The first-order valence-corrected chi connectivity index (χ1v) is 9.49. The van der Waals surface area contributed by atoms with E-state index in [1.165, 1.54) is 12.5 Å². The molecule has 0 aliphatic carbocycles. The van der Waals surface area contributed by atoms with Gasteiger partial charge in [0, 0.05) is 18.3 Å². The van der Waals surface area contributed by atoms with Gasteiger partial charge in [-0.3, -0.25) is 9.59 Å². The Morgan fingerprint density at radius 3 is 2.11 bits per heavy atom. The molecule has 0 aliphatic heterocycles. The Hall–Kier alpha value is -2.93. The molecule has 0 saturated carbocycles. The summed E-state index contributed by atoms with van der Waals surface area (Å²) in [5.74, 6) is 0.673. The van der Waals surface area contributed by atoms with Crippen LogP contribution in [0.2, 0.25) is 0 Å². The van der Waals surface area contributed by atoms with Gasteiger partial charge in [0.05, 0.1) is 0 Å². The number of hydrogen-bond acceptors (Lipinski definition) is 4. The van der Waals surface area contributed by atoms with E-state index in [2.05, 4.69) is 29.8 Å². The molecule has 0 aliphatic rings. The van der Waals surface area contributed by atoms with Gasteiger partial charge < -0.3 is 20.7 Å². The number of anilines is 2. The van der Waals surface area contributed by atoms with Gasteiger partial charge in [0.25, 0.3) is 5.91 Å². The van der Waals surface area contributed by atoms with Gasteiger partial charge in [-0.2, -0.15) is 0 Å². The van der Waals surface area contributed by atoms with Crippen molar-refractivity contribution in [3.63, 3.8) is 0 Å². The van der Waals surface area contributed by atoms with E-state index < -0.39 is 0 Å². The number of ether oxygens (including phenoxy) is 1. The number of carbonyl (C=O) groups excluding carboxylic acids is 2. The largest absolute Gasteiger partial charge is 0.484 e. The molecule has 0 radical (unpaired) electrons. The van der Waals surface area contributed by atoms with Crippen LogP contribution < -0.4 is 20.7 Å². The van der Waals surface area contributed by atoms with Gasteiger partial charge in [-0.1, -0.05) is 26.0 Å². The van der Waals surface area contributed by atoms with Crippen LogP contribution in [-0.4, -0.2) is 23.5 Å². The molecule has 7 heteroatoms. The highest BCUT2D eigenvalue weighted by Gasteiger charge is 2.06. The van der Waals surface area contributed by atoms with Gasteiger partial charge in [0.1, 0.15) is 5.75 Å². The number of hydrogen-bond donors (Lipinski definition) is 3. The first-order chi connectivity index (χ1) is 13.4. The summed E-state index contributed by atoms with van der Waals surface area (Å²) in [6.07, 6.45) is 1.08. The first kappa shape index (κ1) is 21.4. The van der Waals surface area contributed by atoms with Crippen molar-refractivity contribution in [2.24, 2.45) is 0 Å². The van der Waals surface area contributed by atoms with Crippen LogP contribution in [0.1, 0.15) is 38.7 Å². The number of amides is 2. The third-order valence-electron chi connectivity index (χ3n) is 4.15. The topological polar surface area (TPSA) is 79.5 Å². The van der Waals surface area contributed by atoms with Gasteiger partial charge in [0.15, 0.2) is 11.7 Å². The van der Waals surface area contributed by atoms with E-state index in [-0.39, 0.29) is 23.5 Å². The van der Waals surface area contributed by atoms with Gasteiger partial charge in [-0.25, -0.2) is 0 Å². The summed E-state index contributed by atoms with van der Waals surface area (Å²) in [6.45, 7) is 5.64. The van der Waals surface area contributed by atoms with Gasteiger partial charge >= 0.3 is 0 Å². The predicted molar refractivity (Wildman–Crippen MR) is 116 cm³/mol. The minimum Gasteiger partial charge on any atom is -0.484 e. The zero-order valence-electron chi connectivity index (χ0n) is 16.2. The van der Waals surface area contributed by atoms with E-state index in [9.17, 15) is 9.59 Å². The molecule has 0 unspecified atom stereocenters. The molecule has 2 aromatic carbocycles. The van der Waals surface area contributed by atoms with Crippen molar-refractivity contribution in [2.45, 2.75) is 33.1 Å². The molecule has 148 valence electrons. The molecule has 2 aromatic rings. The van der Waals surface area contributed by atoms with E-state index in [1.807, 2.05) is 24.3 Å². The van der Waals surface area contributed by atoms with Gasteiger partial charge in [-0.15, -0.1) is 0 Å². The predicted octanol–water partition coefficient (Wildman–Crippen LogP) is 4.05. The Morgan fingerprint density at radius 1 is 1.00 bits per heavy atom. The lowest BCUT2D eigenvalue weighted by Gasteiger charge is -2.11. The molecule has 0 fully saturated rings. The summed E-state index contributed by atoms with van der Waals surface area (Å²) in [5.41, 5.74) is 2.59. The van der Waals surface area contributed by atoms with Crippen molar-refractivity contribution < 1.29 is 14.3 Å². The smallest absolute Gasteiger partial charge is 0.262 e. The van der Waals surface area contributed by atoms with E-state index in [4.69, 9.17) is 17.0 Å². The van der Waals surface area contributed by atoms with Crippen molar-refractivity contribution in [3.8, 4) is 5.75 Å². The Kier molecular flexibility index (Phi) is 7.95. The number of carbonyl (C=O) groups is 2. The molecule has 2 amide bonds. The number of benzene rings is 2. The minimum atomic E-state index is -0.250. The number of nitrogens with one attached hydrogen (secondary N) is 3. The van der Waals surface area contributed by atoms with E-state index in [0.29, 0.717) is 23.0 Å². The van der Waals surface area contributed by atoms with Crippen molar-refractivity contribution in [2.75, 3.05) is 17.2 Å². The Balaban J connectivity index is 1.81. The van der Waals surface area contributed by atoms with Crippen LogP contribution in [-0.2, 0) is 9.59 Å². The summed E-state index contributed by atoms with van der Waals surface area (Å²) >= 11 is 5.00. The molecule has 2 rings (SSSR count). The lowest BCUT2D eigenvalue weighted by molar-refractivity contribution is -0.118. The zero-order chi connectivity index (χ0) is 20.5. The third-order valence-corrected chi connectivity index (χ3v) is 4.35. The molecular weight excluding hydrogens is 374 g/mol. The van der Waals surface area contributed by atoms with Crippen LogP contribution in [0.25, 0.3) is 0 Å². The average molecular weight is 400 g/mol. The van der Waals surface area contributed by atoms with E-state index in [1.54, 1.807) is 24.3 Å². The average Bonchev–Trinajstić information content (AvgIpc) is 2.67. The monoisotopic (exact) mass is 399 g/mol. The summed E-state index contributed by atoms with van der Waals surface area (Å²) in [5, 5.41) is 8.35. The van der Waals surface area contributed by atoms with Crippen LogP contribution >= 0.6 is 12.2 Å². The molecule has 28 heavy (non-hydrogen) atoms. The van der Waals surface area contributed by atoms with Crippen LogP contribution in [0.4, 0.5) is 11.4 Å². The van der Waals surface area contributed by atoms with Crippen LogP contribution in [0.3, 0.4) is 0 Å². The second-order valence-electron chi connectivity index (χ2n) is 6.43. The molecule has 3 N–H and O–H groups in total. The molecule has 0 aromatic heterocycles. The molecule has 0 saturated heterocycles. The lowest BCUT2D eigenvalue weighted by Crippen LogP contribution is -2.32. The molecule has 1 atom stereocenters. The van der Waals surface area contributed by atoms with E-state index >= 15 is 0 Å². The third kappa shape index (κ3) is 7.00. The highest BCUT2D eigenvalue weighted by molar-refractivity contribution is 7.80. The maximum absolute atomic E-state index is 12.1. The second-order valence-corrected chi connectivity index (χ2v) is 6.84. The minimum absolute atomic E-state index is 0.0741. The fourth-order valence-electron chi connectivity index (χ4n) is 2.43. The highest BCUT2D eigenvalue weighted by Crippen LogP contribution is 2.21. The summed E-state index contributed by atoms with van der Waals surface area (Å²) < 4.78 is 5.54. The molecule has 0 heterocycles. The van der Waals surface area contributed by atoms with Crippen molar-refractivity contribution in [1.82, 2.24) is 5.32 Å². The van der Waals surface area contributed by atoms with Crippen LogP contribution in [0.15, 0.2) is 48.5 Å². The number of rotatable bonds is 7. The fourth-order valence-corrected chi connectivity index (χ4v) is 2.69. The van der Waals surface area contributed by atoms with Crippen LogP contribution in [0.5, 0.6) is 5.75 Å². The molecule has 0 bridgehead atoms. The van der Waals surface area contributed by atoms with Crippen LogP contribution in [0, 0.1) is 0 Å². The Labute approximate surface area is 170 Å². The SMILES string of the molecule is CC[C@H](C)c1ccc(OCC(=O)Nc2ccc(NC(=S)NC(C)=O)cc2)cc1. The van der Waals surface area contributed by atoms with E-state index in [0.717, 1.165) is 6.42 Å². The maximum atomic E-state index is 12.1. The fraction of sp³-hybridized carbons (Fsp3) is 0.286. The summed E-state index contributed by atoms with van der Waals surface area (Å²) in [4.78, 5) is 23.0. The molecular formula is C21H25N3O3S. The van der Waals surface area contributed by atoms with Gasteiger partial charge in [-0.05, 0) is 66.5 Å². The molecule has 0 spiro atoms. The maximum Gasteiger partial charge on any atom is 0.262 e.